The molecule has 2 aromatic rings. The Morgan fingerprint density at radius 3 is 2.93 bits per heavy atom. The summed E-state index contributed by atoms with van der Waals surface area (Å²) < 4.78 is 1.92. The summed E-state index contributed by atoms with van der Waals surface area (Å²) in [5.74, 6) is 0. The number of nitrogens with zero attached hydrogens (tertiary/aromatic N) is 2. The summed E-state index contributed by atoms with van der Waals surface area (Å²) in [6.45, 7) is 2.68. The Hall–Kier alpha value is -1.55. The van der Waals surface area contributed by atoms with Crippen molar-refractivity contribution in [2.75, 3.05) is 6.54 Å². The molecule has 0 aromatic carbocycles. The molecule has 3 N–H and O–H groups in total. The molecule has 0 aliphatic rings. The summed E-state index contributed by atoms with van der Waals surface area (Å²) >= 11 is 0. The first-order valence-corrected chi connectivity index (χ1v) is 5.09. The van der Waals surface area contributed by atoms with Crippen LogP contribution in [0.2, 0.25) is 0 Å². The number of hydrogen-bond donors (Lipinski definition) is 2. The molecule has 2 aromatic heterocycles. The SMILES string of the molecule is Cc1nn(C)c(CCN)c1-c1cc[nH]c1. The smallest absolute Gasteiger partial charge is 0.0675 e. The molecule has 0 amide bonds. The summed E-state index contributed by atoms with van der Waals surface area (Å²) in [4.78, 5) is 3.07. The largest absolute Gasteiger partial charge is 0.367 e. The van der Waals surface area contributed by atoms with Crippen molar-refractivity contribution in [3.05, 3.63) is 29.8 Å². The van der Waals surface area contributed by atoms with Crippen molar-refractivity contribution in [3.63, 3.8) is 0 Å². The van der Waals surface area contributed by atoms with Gasteiger partial charge in [-0.2, -0.15) is 5.10 Å². The van der Waals surface area contributed by atoms with E-state index in [1.54, 1.807) is 0 Å². The van der Waals surface area contributed by atoms with Crippen molar-refractivity contribution in [1.29, 1.82) is 0 Å². The molecular weight excluding hydrogens is 188 g/mol. The van der Waals surface area contributed by atoms with Crippen LogP contribution in [-0.4, -0.2) is 21.3 Å². The van der Waals surface area contributed by atoms with Gasteiger partial charge in [-0.1, -0.05) is 0 Å². The van der Waals surface area contributed by atoms with E-state index in [0.29, 0.717) is 6.54 Å². The highest BCUT2D eigenvalue weighted by Crippen LogP contribution is 2.26. The highest BCUT2D eigenvalue weighted by molar-refractivity contribution is 5.68. The molecule has 0 bridgehead atoms. The Kier molecular flexibility index (Phi) is 2.60. The molecule has 0 saturated carbocycles. The van der Waals surface area contributed by atoms with Crippen molar-refractivity contribution in [3.8, 4) is 11.1 Å². The molecule has 0 spiro atoms. The quantitative estimate of drug-likeness (QED) is 0.789. The van der Waals surface area contributed by atoms with Crippen molar-refractivity contribution < 1.29 is 0 Å². The molecule has 0 saturated heterocycles. The standard InChI is InChI=1S/C11H16N4/c1-8-11(9-4-6-13-7-9)10(3-5-12)15(2)14-8/h4,6-7,13H,3,5,12H2,1-2H3. The summed E-state index contributed by atoms with van der Waals surface area (Å²) in [5.41, 5.74) is 10.3. The van der Waals surface area contributed by atoms with E-state index < -0.39 is 0 Å². The van der Waals surface area contributed by atoms with E-state index in [2.05, 4.69) is 16.1 Å². The van der Waals surface area contributed by atoms with Crippen LogP contribution in [0.3, 0.4) is 0 Å². The second-order valence-electron chi connectivity index (χ2n) is 3.67. The maximum Gasteiger partial charge on any atom is 0.0675 e. The van der Waals surface area contributed by atoms with E-state index in [9.17, 15) is 0 Å². The van der Waals surface area contributed by atoms with Gasteiger partial charge in [0.1, 0.15) is 0 Å². The average Bonchev–Trinajstić information content (AvgIpc) is 2.77. The lowest BCUT2D eigenvalue weighted by Crippen LogP contribution is -2.08. The molecule has 2 rings (SSSR count). The highest BCUT2D eigenvalue weighted by Gasteiger charge is 2.14. The second kappa shape index (κ2) is 3.90. The molecule has 0 radical (unpaired) electrons. The van der Waals surface area contributed by atoms with Gasteiger partial charge in [0.05, 0.1) is 5.69 Å². The van der Waals surface area contributed by atoms with Gasteiger partial charge in [0.15, 0.2) is 0 Å². The van der Waals surface area contributed by atoms with Crippen LogP contribution in [0, 0.1) is 6.92 Å². The monoisotopic (exact) mass is 204 g/mol. The number of nitrogens with one attached hydrogen (secondary N) is 1. The van der Waals surface area contributed by atoms with Crippen LogP contribution < -0.4 is 5.73 Å². The van der Waals surface area contributed by atoms with E-state index in [1.165, 1.54) is 16.8 Å². The van der Waals surface area contributed by atoms with Crippen LogP contribution in [0.4, 0.5) is 0 Å². The highest BCUT2D eigenvalue weighted by atomic mass is 15.3. The first-order valence-electron chi connectivity index (χ1n) is 5.09. The maximum atomic E-state index is 5.61. The summed E-state index contributed by atoms with van der Waals surface area (Å²) in [6, 6.07) is 2.06. The van der Waals surface area contributed by atoms with Gasteiger partial charge in [-0.3, -0.25) is 4.68 Å². The molecule has 15 heavy (non-hydrogen) atoms. The fourth-order valence-corrected chi connectivity index (χ4v) is 1.98. The molecule has 0 aliphatic heterocycles. The van der Waals surface area contributed by atoms with E-state index in [-0.39, 0.29) is 0 Å². The molecule has 0 fully saturated rings. The molecule has 80 valence electrons. The van der Waals surface area contributed by atoms with E-state index in [0.717, 1.165) is 12.1 Å². The minimum Gasteiger partial charge on any atom is -0.367 e. The van der Waals surface area contributed by atoms with Crippen LogP contribution in [0.5, 0.6) is 0 Å². The lowest BCUT2D eigenvalue weighted by atomic mass is 10.1. The Bertz CT molecular complexity index is 439. The Balaban J connectivity index is 2.54. The Morgan fingerprint density at radius 2 is 2.33 bits per heavy atom. The molecule has 2 heterocycles. The fourth-order valence-electron chi connectivity index (χ4n) is 1.98. The summed E-state index contributed by atoms with van der Waals surface area (Å²) in [5, 5.41) is 4.43. The van der Waals surface area contributed by atoms with Crippen molar-refractivity contribution >= 4 is 0 Å². The van der Waals surface area contributed by atoms with E-state index in [1.807, 2.05) is 31.0 Å². The normalized spacial score (nSPS) is 10.9. The van der Waals surface area contributed by atoms with Crippen molar-refractivity contribution in [1.82, 2.24) is 14.8 Å². The average molecular weight is 204 g/mol. The van der Waals surface area contributed by atoms with Crippen LogP contribution in [-0.2, 0) is 13.5 Å². The zero-order valence-corrected chi connectivity index (χ0v) is 9.12. The van der Waals surface area contributed by atoms with Gasteiger partial charge in [0.25, 0.3) is 0 Å². The number of aromatic amines is 1. The Labute approximate surface area is 89.1 Å². The van der Waals surface area contributed by atoms with Gasteiger partial charge in [0.2, 0.25) is 0 Å². The number of H-pyrrole nitrogens is 1. The third kappa shape index (κ3) is 1.68. The van der Waals surface area contributed by atoms with Gasteiger partial charge >= 0.3 is 0 Å². The molecular formula is C11H16N4. The van der Waals surface area contributed by atoms with E-state index >= 15 is 0 Å². The fraction of sp³-hybridized carbons (Fsp3) is 0.364. The molecule has 0 aliphatic carbocycles. The minimum absolute atomic E-state index is 0.649. The second-order valence-corrected chi connectivity index (χ2v) is 3.67. The first kappa shape index (κ1) is 9.98. The van der Waals surface area contributed by atoms with Gasteiger partial charge < -0.3 is 10.7 Å². The lowest BCUT2D eigenvalue weighted by molar-refractivity contribution is 0.701. The number of aromatic nitrogens is 3. The zero-order chi connectivity index (χ0) is 10.8. The minimum atomic E-state index is 0.649. The van der Waals surface area contributed by atoms with Gasteiger partial charge in [0, 0.05) is 42.7 Å². The molecule has 4 nitrogen and oxygen atoms in total. The van der Waals surface area contributed by atoms with E-state index in [4.69, 9.17) is 5.73 Å². The van der Waals surface area contributed by atoms with Gasteiger partial charge in [-0.05, 0) is 19.5 Å². The topological polar surface area (TPSA) is 59.6 Å². The van der Waals surface area contributed by atoms with Crippen LogP contribution in [0.25, 0.3) is 11.1 Å². The van der Waals surface area contributed by atoms with Crippen molar-refractivity contribution in [2.45, 2.75) is 13.3 Å². The van der Waals surface area contributed by atoms with Gasteiger partial charge in [-0.25, -0.2) is 0 Å². The van der Waals surface area contributed by atoms with Crippen LogP contribution in [0.1, 0.15) is 11.4 Å². The summed E-state index contributed by atoms with van der Waals surface area (Å²) in [6.07, 6.45) is 4.77. The lowest BCUT2D eigenvalue weighted by Gasteiger charge is -2.03. The molecule has 0 unspecified atom stereocenters. The van der Waals surface area contributed by atoms with Gasteiger partial charge in [-0.15, -0.1) is 0 Å². The zero-order valence-electron chi connectivity index (χ0n) is 9.12. The van der Waals surface area contributed by atoms with Crippen molar-refractivity contribution in [2.24, 2.45) is 12.8 Å². The predicted octanol–water partition coefficient (Wildman–Crippen LogP) is 1.22. The number of nitrogens with two attached hydrogens (primary N) is 1. The van der Waals surface area contributed by atoms with Crippen LogP contribution in [0.15, 0.2) is 18.5 Å². The molecule has 0 atom stereocenters. The number of aryl methyl sites for hydroxylation is 2. The summed E-state index contributed by atoms with van der Waals surface area (Å²) in [7, 11) is 1.97. The number of rotatable bonds is 3. The third-order valence-corrected chi connectivity index (χ3v) is 2.61. The number of hydrogen-bond acceptors (Lipinski definition) is 2. The third-order valence-electron chi connectivity index (χ3n) is 2.61. The first-order chi connectivity index (χ1) is 7.24. The van der Waals surface area contributed by atoms with Crippen LogP contribution >= 0.6 is 0 Å². The Morgan fingerprint density at radius 1 is 1.53 bits per heavy atom. The maximum absolute atomic E-state index is 5.61. The predicted molar refractivity (Wildman–Crippen MR) is 60.5 cm³/mol. The molecule has 4 heteroatoms.